The molecule has 0 bridgehead atoms. The highest BCUT2D eigenvalue weighted by Gasteiger charge is 2.45. The molecule has 132 valence electrons. The van der Waals surface area contributed by atoms with E-state index in [1.807, 2.05) is 0 Å². The zero-order valence-corrected chi connectivity index (χ0v) is 13.1. The third kappa shape index (κ3) is 2.13. The van der Waals surface area contributed by atoms with Crippen LogP contribution in [0.3, 0.4) is 0 Å². The van der Waals surface area contributed by atoms with Gasteiger partial charge in [-0.25, -0.2) is 4.79 Å². The molecular formula is C16H15NO8. The summed E-state index contributed by atoms with van der Waals surface area (Å²) in [7, 11) is 1.18. The van der Waals surface area contributed by atoms with Crippen molar-refractivity contribution in [2.24, 2.45) is 0 Å². The quantitative estimate of drug-likeness (QED) is 0.464. The summed E-state index contributed by atoms with van der Waals surface area (Å²) < 4.78 is 15.4. The standard InChI is InChI=1S/C16H15NO8/c1-23-16(22)10-9-5(3-8-14(10)25-4-24-8)6-2-7(18)12(19)13(20)11(6)17-15(9)21/h2-3,7,11-13,18-20H,4H2,1H3,(H,17,21)/t7-,11+,12+,13-/m0/s1. The van der Waals surface area contributed by atoms with E-state index in [1.54, 1.807) is 0 Å². The van der Waals surface area contributed by atoms with Crippen LogP contribution in [0.15, 0.2) is 12.1 Å². The Kier molecular flexibility index (Phi) is 3.46. The Labute approximate surface area is 141 Å². The van der Waals surface area contributed by atoms with E-state index in [0.717, 1.165) is 0 Å². The van der Waals surface area contributed by atoms with Gasteiger partial charge < -0.3 is 34.8 Å². The van der Waals surface area contributed by atoms with Gasteiger partial charge in [0, 0.05) is 0 Å². The van der Waals surface area contributed by atoms with Crippen molar-refractivity contribution in [2.75, 3.05) is 13.9 Å². The van der Waals surface area contributed by atoms with Crippen molar-refractivity contribution in [1.29, 1.82) is 0 Å². The molecule has 1 aromatic carbocycles. The van der Waals surface area contributed by atoms with Crippen LogP contribution in [0.1, 0.15) is 26.3 Å². The first-order valence-corrected chi connectivity index (χ1v) is 7.56. The van der Waals surface area contributed by atoms with Crippen molar-refractivity contribution in [2.45, 2.75) is 24.4 Å². The largest absolute Gasteiger partial charge is 0.465 e. The fraction of sp³-hybridized carbons (Fsp3) is 0.375. The number of benzene rings is 1. The average Bonchev–Trinajstić information content (AvgIpc) is 3.07. The average molecular weight is 349 g/mol. The number of carbonyl (C=O) groups is 2. The van der Waals surface area contributed by atoms with E-state index >= 15 is 0 Å². The summed E-state index contributed by atoms with van der Waals surface area (Å²) in [5.41, 5.74) is 0.612. The summed E-state index contributed by atoms with van der Waals surface area (Å²) in [6.45, 7) is -0.115. The number of ether oxygens (including phenoxy) is 3. The number of hydrogen-bond acceptors (Lipinski definition) is 8. The lowest BCUT2D eigenvalue weighted by Crippen LogP contribution is -2.57. The molecule has 0 spiro atoms. The van der Waals surface area contributed by atoms with Crippen molar-refractivity contribution in [1.82, 2.24) is 5.32 Å². The Morgan fingerprint density at radius 3 is 2.76 bits per heavy atom. The molecule has 2 heterocycles. The van der Waals surface area contributed by atoms with Gasteiger partial charge in [-0.05, 0) is 23.3 Å². The first kappa shape index (κ1) is 15.9. The maximum Gasteiger partial charge on any atom is 0.342 e. The molecule has 0 fully saturated rings. The summed E-state index contributed by atoms with van der Waals surface area (Å²) in [4.78, 5) is 24.9. The van der Waals surface area contributed by atoms with Crippen LogP contribution in [-0.2, 0) is 4.74 Å². The zero-order chi connectivity index (χ0) is 17.9. The number of fused-ring (bicyclic) bond motifs is 4. The molecule has 0 unspecified atom stereocenters. The van der Waals surface area contributed by atoms with Crippen LogP contribution in [0.5, 0.6) is 11.5 Å². The van der Waals surface area contributed by atoms with Gasteiger partial charge in [-0.2, -0.15) is 0 Å². The molecule has 1 aliphatic carbocycles. The summed E-state index contributed by atoms with van der Waals surface area (Å²) >= 11 is 0. The molecule has 3 aliphatic rings. The summed E-state index contributed by atoms with van der Waals surface area (Å²) in [6, 6.07) is 0.586. The highest BCUT2D eigenvalue weighted by atomic mass is 16.7. The van der Waals surface area contributed by atoms with Crippen LogP contribution < -0.4 is 14.8 Å². The first-order chi connectivity index (χ1) is 11.9. The lowest BCUT2D eigenvalue weighted by atomic mass is 9.78. The Hall–Kier alpha value is -2.62. The van der Waals surface area contributed by atoms with Crippen molar-refractivity contribution in [3.05, 3.63) is 28.8 Å². The topological polar surface area (TPSA) is 135 Å². The SMILES string of the molecule is COC(=O)c1c2c(cc3c1C(=O)N[C@@H]1C3=C[C@H](O)[C@@H](O)[C@H]1O)OCO2. The van der Waals surface area contributed by atoms with Crippen molar-refractivity contribution < 1.29 is 39.1 Å². The molecular weight excluding hydrogens is 334 g/mol. The number of amides is 1. The Morgan fingerprint density at radius 1 is 1.28 bits per heavy atom. The second-order valence-electron chi connectivity index (χ2n) is 5.94. The van der Waals surface area contributed by atoms with E-state index in [-0.39, 0.29) is 29.4 Å². The minimum absolute atomic E-state index is 0.00869. The van der Waals surface area contributed by atoms with Crippen molar-refractivity contribution in [3.63, 3.8) is 0 Å². The van der Waals surface area contributed by atoms with Gasteiger partial charge in [-0.3, -0.25) is 4.79 Å². The zero-order valence-electron chi connectivity index (χ0n) is 13.1. The molecule has 0 saturated heterocycles. The normalized spacial score (nSPS) is 29.3. The number of esters is 1. The molecule has 9 nitrogen and oxygen atoms in total. The maximum absolute atomic E-state index is 12.6. The van der Waals surface area contributed by atoms with Gasteiger partial charge in [-0.1, -0.05) is 0 Å². The number of methoxy groups -OCH3 is 1. The molecule has 1 amide bonds. The molecule has 25 heavy (non-hydrogen) atoms. The summed E-state index contributed by atoms with van der Waals surface area (Å²) in [5.74, 6) is -1.04. The van der Waals surface area contributed by atoms with Crippen LogP contribution in [0.2, 0.25) is 0 Å². The monoisotopic (exact) mass is 349 g/mol. The number of nitrogens with one attached hydrogen (secondary N) is 1. The number of aliphatic hydroxyl groups excluding tert-OH is 3. The molecule has 0 saturated carbocycles. The van der Waals surface area contributed by atoms with E-state index in [0.29, 0.717) is 11.1 Å². The van der Waals surface area contributed by atoms with E-state index < -0.39 is 36.2 Å². The lowest BCUT2D eigenvalue weighted by molar-refractivity contribution is -0.0535. The predicted octanol–water partition coefficient (Wildman–Crippen LogP) is -1.21. The third-order valence-corrected chi connectivity index (χ3v) is 4.60. The predicted molar refractivity (Wildman–Crippen MR) is 81.2 cm³/mol. The molecule has 2 aliphatic heterocycles. The molecule has 4 rings (SSSR count). The Balaban J connectivity index is 1.99. The first-order valence-electron chi connectivity index (χ1n) is 7.56. The Morgan fingerprint density at radius 2 is 2.04 bits per heavy atom. The van der Waals surface area contributed by atoms with Crippen LogP contribution in [0, 0.1) is 0 Å². The van der Waals surface area contributed by atoms with Gasteiger partial charge in [0.15, 0.2) is 11.5 Å². The van der Waals surface area contributed by atoms with E-state index in [9.17, 15) is 24.9 Å². The maximum atomic E-state index is 12.6. The molecule has 1 aromatic rings. The van der Waals surface area contributed by atoms with Gasteiger partial charge in [0.1, 0.15) is 23.9 Å². The fourth-order valence-corrected chi connectivity index (χ4v) is 3.41. The Bertz CT molecular complexity index is 817. The molecule has 0 radical (unpaired) electrons. The van der Waals surface area contributed by atoms with Crippen molar-refractivity contribution in [3.8, 4) is 11.5 Å². The lowest BCUT2D eigenvalue weighted by Gasteiger charge is -2.39. The molecule has 9 heteroatoms. The summed E-state index contributed by atoms with van der Waals surface area (Å²) in [5, 5.41) is 32.5. The van der Waals surface area contributed by atoms with E-state index in [4.69, 9.17) is 14.2 Å². The number of carbonyl (C=O) groups excluding carboxylic acids is 2. The van der Waals surface area contributed by atoms with E-state index in [2.05, 4.69) is 5.32 Å². The van der Waals surface area contributed by atoms with Gasteiger partial charge in [0.2, 0.25) is 6.79 Å². The highest BCUT2D eigenvalue weighted by molar-refractivity contribution is 6.13. The van der Waals surface area contributed by atoms with Gasteiger partial charge >= 0.3 is 5.97 Å². The van der Waals surface area contributed by atoms with Crippen LogP contribution >= 0.6 is 0 Å². The van der Waals surface area contributed by atoms with Crippen LogP contribution in [0.25, 0.3) is 5.57 Å². The minimum Gasteiger partial charge on any atom is -0.465 e. The van der Waals surface area contributed by atoms with Gasteiger partial charge in [0.25, 0.3) is 5.91 Å². The second kappa shape index (κ2) is 5.45. The number of aliphatic hydroxyl groups is 3. The summed E-state index contributed by atoms with van der Waals surface area (Å²) in [6.07, 6.45) is -2.83. The number of hydrogen-bond donors (Lipinski definition) is 4. The molecule has 0 aromatic heterocycles. The fourth-order valence-electron chi connectivity index (χ4n) is 3.41. The number of rotatable bonds is 1. The van der Waals surface area contributed by atoms with Crippen LogP contribution in [0.4, 0.5) is 0 Å². The van der Waals surface area contributed by atoms with Gasteiger partial charge in [0.05, 0.1) is 18.7 Å². The third-order valence-electron chi connectivity index (χ3n) is 4.60. The molecule has 4 N–H and O–H groups in total. The molecule has 4 atom stereocenters. The smallest absolute Gasteiger partial charge is 0.342 e. The second-order valence-corrected chi connectivity index (χ2v) is 5.94. The van der Waals surface area contributed by atoms with Crippen molar-refractivity contribution >= 4 is 17.4 Å². The van der Waals surface area contributed by atoms with Gasteiger partial charge in [-0.15, -0.1) is 0 Å². The highest BCUT2D eigenvalue weighted by Crippen LogP contribution is 2.45. The minimum atomic E-state index is -1.44. The van der Waals surface area contributed by atoms with Crippen LogP contribution in [-0.4, -0.2) is 65.5 Å². The van der Waals surface area contributed by atoms with E-state index in [1.165, 1.54) is 19.3 Å².